The minimum absolute atomic E-state index is 0.250. The monoisotopic (exact) mass is 1120 g/mol. The van der Waals surface area contributed by atoms with E-state index in [-0.39, 0.29) is 11.8 Å². The van der Waals surface area contributed by atoms with Gasteiger partial charge in [-0.05, 0) is 154 Å². The molecule has 0 unspecified atom stereocenters. The van der Waals surface area contributed by atoms with Crippen molar-refractivity contribution < 1.29 is 31.4 Å². The van der Waals surface area contributed by atoms with Crippen LogP contribution in [0.25, 0.3) is 76.2 Å². The maximum atomic E-state index is 7.35. The van der Waals surface area contributed by atoms with Crippen molar-refractivity contribution in [3.63, 3.8) is 0 Å². The van der Waals surface area contributed by atoms with Crippen molar-refractivity contribution >= 4 is 110 Å². The normalized spacial score (nSPS) is 15.1. The Morgan fingerprint density at radius 1 is 0.416 bits per heavy atom. The van der Waals surface area contributed by atoms with Gasteiger partial charge in [-0.3, -0.25) is 0 Å². The summed E-state index contributed by atoms with van der Waals surface area (Å²) in [5.41, 5.74) is 18.6. The maximum Gasteiger partial charge on any atom is 0.257 e. The van der Waals surface area contributed by atoms with Crippen molar-refractivity contribution in [3.05, 3.63) is 191 Å². The molecule has 5 heteroatoms. The number of aryl methyl sites for hydroxylation is 1. The molecule has 2 aliphatic carbocycles. The minimum Gasteiger partial charge on any atom is -0.454 e. The fourth-order valence-corrected chi connectivity index (χ4v) is 14.6. The van der Waals surface area contributed by atoms with Crippen LogP contribution in [-0.2, 0) is 4.43 Å². The van der Waals surface area contributed by atoms with Gasteiger partial charge in [0.15, 0.2) is 15.6 Å². The van der Waals surface area contributed by atoms with E-state index in [1.54, 1.807) is 0 Å². The number of halogens is 1. The molecule has 0 saturated heterocycles. The standard InChI is InChI=1S/C72H68IN2O2/c1-43(2)61-40-65(74(49-32-28-45(5)29-33-49)63-26-14-24-57-55-22-12-20-51(69(55)76-71(57)63)47-16-8-6-9-17-47)59-38-36-54-62(44(3)4)41-66(60-39-37-53(61)67(59)68(54)60)75(50-34-30-46(42-73)31-35-50)64-27-15-25-58-56-23-13-21-52(70(56)77-72(58)64)48-18-10-7-11-19-48/h12-15,20-41,43-44,47-48,73H,6-11,16-19,42H2,1-5H3/q+1. The molecule has 0 atom stereocenters. The molecule has 14 rings (SSSR count). The Balaban J connectivity index is 1.05. The topological polar surface area (TPSA) is 32.8 Å². The van der Waals surface area contributed by atoms with Crippen LogP contribution in [0.2, 0.25) is 0 Å². The first-order chi connectivity index (χ1) is 37.7. The van der Waals surface area contributed by atoms with Crippen LogP contribution in [0.5, 0.6) is 0 Å². The number of hydrogen-bond acceptors (Lipinski definition) is 4. The molecular formula is C72H68IN2O2+. The van der Waals surface area contributed by atoms with Gasteiger partial charge in [0.1, 0.15) is 11.2 Å². The molecular weight excluding hydrogens is 1050 g/mol. The van der Waals surface area contributed by atoms with Crippen LogP contribution in [0.15, 0.2) is 167 Å². The van der Waals surface area contributed by atoms with Gasteiger partial charge in [0.2, 0.25) is 0 Å². The molecule has 4 nitrogen and oxygen atoms in total. The Hall–Kier alpha value is -6.83. The van der Waals surface area contributed by atoms with Crippen LogP contribution in [0, 0.1) is 6.92 Å². The maximum absolute atomic E-state index is 7.35. The van der Waals surface area contributed by atoms with E-state index in [9.17, 15) is 0 Å². The Bertz CT molecular complexity index is 4190. The van der Waals surface area contributed by atoms with E-state index in [1.807, 2.05) is 0 Å². The molecule has 10 aromatic carbocycles. The van der Waals surface area contributed by atoms with Crippen LogP contribution in [-0.4, -0.2) is 0 Å². The molecule has 0 spiro atoms. The lowest BCUT2D eigenvalue weighted by molar-refractivity contribution is -0.386. The third-order valence-electron chi connectivity index (χ3n) is 17.9. The summed E-state index contributed by atoms with van der Waals surface area (Å²) in [5.74, 6) is 1.54. The van der Waals surface area contributed by atoms with Gasteiger partial charge in [-0.25, -0.2) is 0 Å². The van der Waals surface area contributed by atoms with Gasteiger partial charge >= 0.3 is 0 Å². The van der Waals surface area contributed by atoms with E-state index in [1.165, 1.54) is 146 Å². The zero-order valence-corrected chi connectivity index (χ0v) is 47.5. The van der Waals surface area contributed by atoms with Crippen LogP contribution < -0.4 is 32.4 Å². The number of para-hydroxylation sites is 4. The van der Waals surface area contributed by atoms with Crippen molar-refractivity contribution in [2.75, 3.05) is 9.80 Å². The second-order valence-electron chi connectivity index (χ2n) is 23.3. The lowest BCUT2D eigenvalue weighted by Crippen LogP contribution is -3.33. The van der Waals surface area contributed by atoms with Gasteiger partial charge < -0.3 is 18.6 Å². The molecule has 0 radical (unpaired) electrons. The highest BCUT2D eigenvalue weighted by molar-refractivity contribution is 6.30. The van der Waals surface area contributed by atoms with Crippen molar-refractivity contribution in [2.24, 2.45) is 0 Å². The smallest absolute Gasteiger partial charge is 0.257 e. The molecule has 2 heterocycles. The first-order valence-electron chi connectivity index (χ1n) is 28.7. The zero-order valence-electron chi connectivity index (χ0n) is 45.2. The molecule has 0 amide bonds. The van der Waals surface area contributed by atoms with Gasteiger partial charge in [-0.1, -0.05) is 181 Å². The van der Waals surface area contributed by atoms with Crippen molar-refractivity contribution in [1.82, 2.24) is 0 Å². The second-order valence-corrected chi connectivity index (χ2v) is 24.1. The third kappa shape index (κ3) is 8.03. The van der Waals surface area contributed by atoms with E-state index in [2.05, 4.69) is 225 Å². The summed E-state index contributed by atoms with van der Waals surface area (Å²) < 4.78 is 15.7. The minimum atomic E-state index is 0.250. The van der Waals surface area contributed by atoms with Crippen LogP contribution >= 0.6 is 0 Å². The summed E-state index contributed by atoms with van der Waals surface area (Å²) in [6.45, 7) is 11.6. The molecule has 0 bridgehead atoms. The molecule has 2 saturated carbocycles. The van der Waals surface area contributed by atoms with E-state index in [0.29, 0.717) is 11.8 Å². The molecule has 12 aromatic rings. The van der Waals surface area contributed by atoms with E-state index >= 15 is 0 Å². The molecule has 384 valence electrons. The Labute approximate surface area is 466 Å². The summed E-state index contributed by atoms with van der Waals surface area (Å²) in [6, 6.07) is 60.4. The Kier molecular flexibility index (Phi) is 12.3. The number of alkyl halides is 1. The van der Waals surface area contributed by atoms with Gasteiger partial charge in [0.05, 0.1) is 22.7 Å². The lowest BCUT2D eigenvalue weighted by atomic mass is 9.83. The molecule has 0 N–H and O–H groups in total. The summed E-state index contributed by atoms with van der Waals surface area (Å²) in [5, 5.41) is 12.4. The molecule has 77 heavy (non-hydrogen) atoms. The SMILES string of the molecule is Cc1ccc(N(c2cc(C(C)C)c3ccc4c(N(c5ccc(C[IH+])cc5)c5cccc6c5oc5c(C7CCCCC7)cccc56)cc(C(C)C)c5ccc2c3c54)c2cccc3c2oc2c(C4CCCCC4)cccc23)cc1. The number of hydrogen-bond donors (Lipinski definition) is 0. The number of rotatable bonds is 11. The first-order valence-corrected chi connectivity index (χ1v) is 30.4. The quantitative estimate of drug-likeness (QED) is 0.0734. The molecule has 2 aliphatic rings. The number of furan rings is 2. The van der Waals surface area contributed by atoms with Crippen LogP contribution in [0.1, 0.15) is 149 Å². The number of fused-ring (bicyclic) bond motifs is 6. The largest absolute Gasteiger partial charge is 0.454 e. The molecule has 0 aliphatic heterocycles. The predicted molar refractivity (Wildman–Crippen MR) is 324 cm³/mol. The highest BCUT2D eigenvalue weighted by atomic mass is 127. The van der Waals surface area contributed by atoms with E-state index in [0.717, 1.165) is 66.3 Å². The Morgan fingerprint density at radius 3 is 1.22 bits per heavy atom. The number of benzene rings is 10. The predicted octanol–water partition coefficient (Wildman–Crippen LogP) is 18.8. The average molecular weight is 1120 g/mol. The van der Waals surface area contributed by atoms with E-state index in [4.69, 9.17) is 8.83 Å². The second kappa shape index (κ2) is 19.6. The highest BCUT2D eigenvalue weighted by Gasteiger charge is 2.30. The van der Waals surface area contributed by atoms with Gasteiger partial charge in [0, 0.05) is 43.7 Å². The number of nitrogens with zero attached hydrogens (tertiary/aromatic N) is 2. The molecule has 2 fully saturated rings. The summed E-state index contributed by atoms with van der Waals surface area (Å²) in [4.78, 5) is 5.04. The summed E-state index contributed by atoms with van der Waals surface area (Å²) >= 11 is 2.16. The first kappa shape index (κ1) is 48.5. The Morgan fingerprint density at radius 2 is 0.805 bits per heavy atom. The van der Waals surface area contributed by atoms with Crippen LogP contribution in [0.4, 0.5) is 34.1 Å². The van der Waals surface area contributed by atoms with Crippen molar-refractivity contribution in [2.45, 2.75) is 127 Å². The van der Waals surface area contributed by atoms with Gasteiger partial charge in [-0.2, -0.15) is 0 Å². The van der Waals surface area contributed by atoms with Gasteiger partial charge in [0.25, 0.3) is 22.6 Å². The average Bonchev–Trinajstić information content (AvgIpc) is 4.13. The van der Waals surface area contributed by atoms with Gasteiger partial charge in [-0.15, -0.1) is 0 Å². The number of anilines is 6. The fraction of sp³-hybridized carbons (Fsp3) is 0.278. The fourth-order valence-electron chi connectivity index (χ4n) is 14.1. The summed E-state index contributed by atoms with van der Waals surface area (Å²) in [7, 11) is 0. The lowest BCUT2D eigenvalue weighted by Gasteiger charge is -2.31. The van der Waals surface area contributed by atoms with Crippen molar-refractivity contribution in [1.29, 1.82) is 0 Å². The van der Waals surface area contributed by atoms with Crippen molar-refractivity contribution in [3.8, 4) is 0 Å². The summed E-state index contributed by atoms with van der Waals surface area (Å²) in [6.07, 6.45) is 12.7. The third-order valence-corrected chi connectivity index (χ3v) is 18.9. The highest BCUT2D eigenvalue weighted by Crippen LogP contribution is 2.54. The van der Waals surface area contributed by atoms with E-state index < -0.39 is 0 Å². The molecule has 2 aromatic heterocycles. The zero-order chi connectivity index (χ0) is 52.1. The van der Waals surface area contributed by atoms with Crippen LogP contribution in [0.3, 0.4) is 0 Å².